The number of hydrogen-bond acceptors (Lipinski definition) is 2. The first-order chi connectivity index (χ1) is 5.99. The molecule has 1 fully saturated rings. The van der Waals surface area contributed by atoms with Crippen LogP contribution >= 0.6 is 0 Å². The van der Waals surface area contributed by atoms with Crippen LogP contribution in [0.4, 0.5) is 0 Å². The molecule has 1 heterocycles. The van der Waals surface area contributed by atoms with Gasteiger partial charge in [0.15, 0.2) is 0 Å². The van der Waals surface area contributed by atoms with Gasteiger partial charge in [0.2, 0.25) is 0 Å². The van der Waals surface area contributed by atoms with E-state index in [0.717, 1.165) is 25.9 Å². The lowest BCUT2D eigenvalue weighted by Crippen LogP contribution is -2.17. The van der Waals surface area contributed by atoms with Gasteiger partial charge in [0.05, 0.1) is 6.61 Å². The van der Waals surface area contributed by atoms with Crippen molar-refractivity contribution in [2.75, 3.05) is 13.2 Å². The zero-order valence-corrected chi connectivity index (χ0v) is 8.93. The van der Waals surface area contributed by atoms with Crippen LogP contribution in [0, 0.1) is 11.3 Å². The molecule has 1 rings (SSSR count). The van der Waals surface area contributed by atoms with Crippen molar-refractivity contribution in [2.45, 2.75) is 40.0 Å². The third-order valence-electron chi connectivity index (χ3n) is 2.51. The lowest BCUT2D eigenvalue weighted by Gasteiger charge is -2.18. The number of ketones is 1. The molecule has 1 aliphatic heterocycles. The van der Waals surface area contributed by atoms with E-state index in [2.05, 4.69) is 20.8 Å². The summed E-state index contributed by atoms with van der Waals surface area (Å²) in [5, 5.41) is 0. The molecule has 0 aromatic carbocycles. The molecular formula is C11H20O2. The van der Waals surface area contributed by atoms with Crippen molar-refractivity contribution in [3.05, 3.63) is 0 Å². The average Bonchev–Trinajstić information content (AvgIpc) is 2.50. The third-order valence-corrected chi connectivity index (χ3v) is 2.51. The molecule has 13 heavy (non-hydrogen) atoms. The molecule has 2 heteroatoms. The highest BCUT2D eigenvalue weighted by atomic mass is 16.5. The van der Waals surface area contributed by atoms with Gasteiger partial charge in [-0.2, -0.15) is 0 Å². The van der Waals surface area contributed by atoms with Gasteiger partial charge in [0.1, 0.15) is 5.78 Å². The van der Waals surface area contributed by atoms with Crippen LogP contribution in [0.3, 0.4) is 0 Å². The molecule has 1 aliphatic rings. The molecule has 0 radical (unpaired) electrons. The van der Waals surface area contributed by atoms with Gasteiger partial charge >= 0.3 is 0 Å². The summed E-state index contributed by atoms with van der Waals surface area (Å²) in [5.74, 6) is 0.592. The predicted molar refractivity (Wildman–Crippen MR) is 52.6 cm³/mol. The van der Waals surface area contributed by atoms with Gasteiger partial charge in [-0.25, -0.2) is 0 Å². The minimum atomic E-state index is 0.197. The maximum atomic E-state index is 11.6. The smallest absolute Gasteiger partial charge is 0.138 e. The standard InChI is InChI=1S/C11H20O2/c1-11(2,3)6-4-10(12)9-5-7-13-8-9/h9H,4-8H2,1-3H3. The molecule has 0 aliphatic carbocycles. The Morgan fingerprint density at radius 3 is 2.62 bits per heavy atom. The molecule has 0 saturated carbocycles. The molecule has 0 aromatic heterocycles. The van der Waals surface area contributed by atoms with E-state index in [1.165, 1.54) is 0 Å². The van der Waals surface area contributed by atoms with Crippen LogP contribution in [0.2, 0.25) is 0 Å². The molecule has 0 amide bonds. The van der Waals surface area contributed by atoms with Gasteiger partial charge in [-0.3, -0.25) is 4.79 Å². The Hall–Kier alpha value is -0.370. The second-order valence-electron chi connectivity index (χ2n) is 5.09. The van der Waals surface area contributed by atoms with Crippen LogP contribution in [0.15, 0.2) is 0 Å². The van der Waals surface area contributed by atoms with Crippen molar-refractivity contribution in [1.82, 2.24) is 0 Å². The minimum Gasteiger partial charge on any atom is -0.381 e. The SMILES string of the molecule is CC(C)(C)CCC(=O)C1CCOC1. The maximum Gasteiger partial charge on any atom is 0.138 e. The second kappa shape index (κ2) is 4.23. The van der Waals surface area contributed by atoms with Gasteiger partial charge in [0, 0.05) is 18.9 Å². The quantitative estimate of drug-likeness (QED) is 0.673. The van der Waals surface area contributed by atoms with Crippen LogP contribution in [-0.2, 0) is 9.53 Å². The topological polar surface area (TPSA) is 26.3 Å². The second-order valence-corrected chi connectivity index (χ2v) is 5.09. The maximum absolute atomic E-state index is 11.6. The van der Waals surface area contributed by atoms with Gasteiger partial charge in [-0.15, -0.1) is 0 Å². The monoisotopic (exact) mass is 184 g/mol. The van der Waals surface area contributed by atoms with Crippen molar-refractivity contribution >= 4 is 5.78 Å². The third kappa shape index (κ3) is 3.90. The lowest BCUT2D eigenvalue weighted by atomic mass is 9.87. The molecule has 1 saturated heterocycles. The molecule has 2 nitrogen and oxygen atoms in total. The summed E-state index contributed by atoms with van der Waals surface area (Å²) in [5.41, 5.74) is 0.273. The average molecular weight is 184 g/mol. The molecule has 0 aromatic rings. The van der Waals surface area contributed by atoms with Crippen molar-refractivity contribution in [3.8, 4) is 0 Å². The van der Waals surface area contributed by atoms with E-state index in [-0.39, 0.29) is 11.3 Å². The van der Waals surface area contributed by atoms with Gasteiger partial charge < -0.3 is 4.74 Å². The summed E-state index contributed by atoms with van der Waals surface area (Å²) >= 11 is 0. The highest BCUT2D eigenvalue weighted by molar-refractivity contribution is 5.81. The Morgan fingerprint density at radius 1 is 1.46 bits per heavy atom. The van der Waals surface area contributed by atoms with Crippen LogP contribution in [-0.4, -0.2) is 19.0 Å². The van der Waals surface area contributed by atoms with Crippen molar-refractivity contribution < 1.29 is 9.53 Å². The van der Waals surface area contributed by atoms with E-state index in [1.807, 2.05) is 0 Å². The van der Waals surface area contributed by atoms with Gasteiger partial charge in [-0.1, -0.05) is 20.8 Å². The summed E-state index contributed by atoms with van der Waals surface area (Å²) in [4.78, 5) is 11.6. The Labute approximate surface area is 80.7 Å². The summed E-state index contributed by atoms with van der Waals surface area (Å²) in [7, 11) is 0. The predicted octanol–water partition coefficient (Wildman–Crippen LogP) is 2.42. The van der Waals surface area contributed by atoms with Crippen LogP contribution in [0.1, 0.15) is 40.0 Å². The summed E-state index contributed by atoms with van der Waals surface area (Å²) in [6.07, 6.45) is 2.64. The van der Waals surface area contributed by atoms with Crippen LogP contribution in [0.25, 0.3) is 0 Å². The normalized spacial score (nSPS) is 23.5. The zero-order valence-electron chi connectivity index (χ0n) is 8.93. The van der Waals surface area contributed by atoms with E-state index in [4.69, 9.17) is 4.74 Å². The largest absolute Gasteiger partial charge is 0.381 e. The molecular weight excluding hydrogens is 164 g/mol. The Balaban J connectivity index is 2.25. The Bertz CT molecular complexity index is 173. The molecule has 1 unspecified atom stereocenters. The van der Waals surface area contributed by atoms with Crippen LogP contribution in [0.5, 0.6) is 0 Å². The first-order valence-electron chi connectivity index (χ1n) is 5.09. The number of hydrogen-bond donors (Lipinski definition) is 0. The van der Waals surface area contributed by atoms with Crippen LogP contribution < -0.4 is 0 Å². The fraction of sp³-hybridized carbons (Fsp3) is 0.909. The first-order valence-corrected chi connectivity index (χ1v) is 5.09. The molecule has 0 N–H and O–H groups in total. The fourth-order valence-corrected chi connectivity index (χ4v) is 1.49. The molecule has 0 spiro atoms. The minimum absolute atomic E-state index is 0.197. The summed E-state index contributed by atoms with van der Waals surface area (Å²) < 4.78 is 5.19. The summed E-state index contributed by atoms with van der Waals surface area (Å²) in [6.45, 7) is 7.94. The zero-order chi connectivity index (χ0) is 9.90. The van der Waals surface area contributed by atoms with Gasteiger partial charge in [0.25, 0.3) is 0 Å². The highest BCUT2D eigenvalue weighted by Crippen LogP contribution is 2.23. The molecule has 1 atom stereocenters. The van der Waals surface area contributed by atoms with E-state index >= 15 is 0 Å². The van der Waals surface area contributed by atoms with E-state index in [0.29, 0.717) is 12.4 Å². The number of Topliss-reactive ketones (excluding diaryl/α,β-unsaturated/α-hetero) is 1. The number of carbonyl (C=O) groups is 1. The first kappa shape index (κ1) is 10.7. The summed E-state index contributed by atoms with van der Waals surface area (Å²) in [6, 6.07) is 0. The number of ether oxygens (including phenoxy) is 1. The lowest BCUT2D eigenvalue weighted by molar-refractivity contribution is -0.123. The van der Waals surface area contributed by atoms with E-state index < -0.39 is 0 Å². The fourth-order valence-electron chi connectivity index (χ4n) is 1.49. The van der Waals surface area contributed by atoms with Crippen molar-refractivity contribution in [1.29, 1.82) is 0 Å². The van der Waals surface area contributed by atoms with Crippen molar-refractivity contribution in [3.63, 3.8) is 0 Å². The van der Waals surface area contributed by atoms with E-state index in [1.54, 1.807) is 0 Å². The Morgan fingerprint density at radius 2 is 2.15 bits per heavy atom. The molecule has 0 bridgehead atoms. The van der Waals surface area contributed by atoms with Gasteiger partial charge in [-0.05, 0) is 18.3 Å². The van der Waals surface area contributed by atoms with Crippen molar-refractivity contribution in [2.24, 2.45) is 11.3 Å². The molecule has 76 valence electrons. The number of rotatable bonds is 3. The van der Waals surface area contributed by atoms with E-state index in [9.17, 15) is 4.79 Å². The number of carbonyl (C=O) groups excluding carboxylic acids is 1. The highest BCUT2D eigenvalue weighted by Gasteiger charge is 2.24. The Kier molecular flexibility index (Phi) is 3.48.